The first-order valence-corrected chi connectivity index (χ1v) is 8.25. The van der Waals surface area contributed by atoms with E-state index in [0.29, 0.717) is 5.13 Å². The smallest absolute Gasteiger partial charge is 0.261 e. The summed E-state index contributed by atoms with van der Waals surface area (Å²) in [6.07, 6.45) is 0. The van der Waals surface area contributed by atoms with Gasteiger partial charge in [0.1, 0.15) is 17.2 Å². The molecule has 25 heavy (non-hydrogen) atoms. The fourth-order valence-corrected chi connectivity index (χ4v) is 3.17. The maximum Gasteiger partial charge on any atom is 0.261 e. The van der Waals surface area contributed by atoms with Crippen LogP contribution in [0.4, 0.5) is 5.13 Å². The largest absolute Gasteiger partial charge is 0.508 e. The van der Waals surface area contributed by atoms with Gasteiger partial charge in [-0.3, -0.25) is 10.1 Å². The van der Waals surface area contributed by atoms with Crippen LogP contribution in [0.3, 0.4) is 0 Å². The van der Waals surface area contributed by atoms with Gasteiger partial charge in [0, 0.05) is 16.5 Å². The van der Waals surface area contributed by atoms with Gasteiger partial charge in [0.05, 0.1) is 18.4 Å². The minimum atomic E-state index is -0.493. The molecule has 7 heteroatoms. The fraction of sp³-hybridized carbons (Fsp3) is 0.111. The van der Waals surface area contributed by atoms with Crippen LogP contribution in [0.2, 0.25) is 0 Å². The van der Waals surface area contributed by atoms with Crippen molar-refractivity contribution in [2.24, 2.45) is 0 Å². The maximum atomic E-state index is 12.3. The molecular weight excluding hydrogens is 340 g/mol. The monoisotopic (exact) mass is 356 g/mol. The van der Waals surface area contributed by atoms with Crippen molar-refractivity contribution in [1.29, 1.82) is 0 Å². The molecule has 0 fully saturated rings. The second kappa shape index (κ2) is 6.82. The summed E-state index contributed by atoms with van der Waals surface area (Å²) < 4.78 is 5.15. The molecule has 3 rings (SSSR count). The Balaban J connectivity index is 1.83. The molecule has 1 amide bonds. The highest BCUT2D eigenvalue weighted by molar-refractivity contribution is 7.16. The Morgan fingerprint density at radius 2 is 1.88 bits per heavy atom. The minimum Gasteiger partial charge on any atom is -0.508 e. The normalized spacial score (nSPS) is 10.5. The first-order chi connectivity index (χ1) is 12.0. The van der Waals surface area contributed by atoms with Crippen molar-refractivity contribution in [2.75, 3.05) is 12.4 Å². The number of methoxy groups -OCH3 is 1. The van der Waals surface area contributed by atoms with E-state index >= 15 is 0 Å². The van der Waals surface area contributed by atoms with Crippen LogP contribution in [0.25, 0.3) is 11.3 Å². The van der Waals surface area contributed by atoms with Gasteiger partial charge in [0.25, 0.3) is 5.91 Å². The molecule has 0 aliphatic rings. The molecule has 0 bridgehead atoms. The molecule has 0 saturated carbocycles. The highest BCUT2D eigenvalue weighted by Crippen LogP contribution is 2.32. The number of aromatic nitrogens is 1. The van der Waals surface area contributed by atoms with Crippen LogP contribution in [0.1, 0.15) is 15.2 Å². The van der Waals surface area contributed by atoms with Gasteiger partial charge in [-0.1, -0.05) is 0 Å². The maximum absolute atomic E-state index is 12.3. The summed E-state index contributed by atoms with van der Waals surface area (Å²) >= 11 is 1.35. The summed E-state index contributed by atoms with van der Waals surface area (Å²) in [7, 11) is 1.61. The first-order valence-electron chi connectivity index (χ1n) is 7.43. The third-order valence-electron chi connectivity index (χ3n) is 3.61. The Labute approximate surface area is 148 Å². The third kappa shape index (κ3) is 3.56. The second-order valence-electron chi connectivity index (χ2n) is 5.31. The molecular formula is C18H16N2O4S. The van der Waals surface area contributed by atoms with Gasteiger partial charge in [-0.2, -0.15) is 0 Å². The number of carbonyl (C=O) groups is 1. The summed E-state index contributed by atoms with van der Waals surface area (Å²) in [5, 5.41) is 22.2. The molecule has 0 aliphatic carbocycles. The molecule has 2 aromatic carbocycles. The number of benzene rings is 2. The van der Waals surface area contributed by atoms with Gasteiger partial charge < -0.3 is 14.9 Å². The molecule has 128 valence electrons. The average molecular weight is 356 g/mol. The summed E-state index contributed by atoms with van der Waals surface area (Å²) in [6.45, 7) is 1.92. The minimum absolute atomic E-state index is 0.0663. The number of carbonyl (C=O) groups excluding carboxylic acids is 1. The Kier molecular flexibility index (Phi) is 4.58. The lowest BCUT2D eigenvalue weighted by atomic mass is 10.1. The van der Waals surface area contributed by atoms with E-state index in [-0.39, 0.29) is 17.1 Å². The SMILES string of the molecule is COc1ccc(-c2nc(NC(=O)c3ccc(O)cc3O)sc2C)cc1. The third-order valence-corrected chi connectivity index (χ3v) is 4.49. The molecule has 1 aromatic heterocycles. The van der Waals surface area contributed by atoms with E-state index in [1.165, 1.54) is 23.5 Å². The fourth-order valence-electron chi connectivity index (χ4n) is 2.34. The zero-order valence-electron chi connectivity index (χ0n) is 13.6. The molecule has 0 radical (unpaired) electrons. The van der Waals surface area contributed by atoms with Crippen LogP contribution >= 0.6 is 11.3 Å². The molecule has 3 N–H and O–H groups in total. The average Bonchev–Trinajstić information content (AvgIpc) is 2.95. The lowest BCUT2D eigenvalue weighted by molar-refractivity contribution is 0.102. The predicted molar refractivity (Wildman–Crippen MR) is 96.6 cm³/mol. The summed E-state index contributed by atoms with van der Waals surface area (Å²) in [5.74, 6) is -0.136. The predicted octanol–water partition coefficient (Wildman–Crippen LogP) is 3.79. The Bertz CT molecular complexity index is 919. The van der Waals surface area contributed by atoms with Crippen molar-refractivity contribution in [3.63, 3.8) is 0 Å². The van der Waals surface area contributed by atoms with Crippen LogP contribution < -0.4 is 10.1 Å². The number of hydrogen-bond acceptors (Lipinski definition) is 6. The van der Waals surface area contributed by atoms with Crippen LogP contribution in [-0.2, 0) is 0 Å². The van der Waals surface area contributed by atoms with Gasteiger partial charge in [-0.05, 0) is 43.3 Å². The first kappa shape index (κ1) is 16.8. The number of amides is 1. The van der Waals surface area contributed by atoms with E-state index in [2.05, 4.69) is 10.3 Å². The summed E-state index contributed by atoms with van der Waals surface area (Å²) in [6, 6.07) is 11.3. The van der Waals surface area contributed by atoms with Crippen molar-refractivity contribution < 1.29 is 19.7 Å². The van der Waals surface area contributed by atoms with Gasteiger partial charge in [-0.15, -0.1) is 11.3 Å². The number of rotatable bonds is 4. The van der Waals surface area contributed by atoms with E-state index in [1.807, 2.05) is 31.2 Å². The Morgan fingerprint density at radius 1 is 1.16 bits per heavy atom. The molecule has 0 atom stereocenters. The topological polar surface area (TPSA) is 91.7 Å². The van der Waals surface area contributed by atoms with Crippen LogP contribution in [0, 0.1) is 6.92 Å². The van der Waals surface area contributed by atoms with Gasteiger partial charge >= 0.3 is 0 Å². The number of nitrogens with zero attached hydrogens (tertiary/aromatic N) is 1. The molecule has 1 heterocycles. The molecule has 0 unspecified atom stereocenters. The molecule has 3 aromatic rings. The molecule has 0 saturated heterocycles. The van der Waals surface area contributed by atoms with Gasteiger partial charge in [-0.25, -0.2) is 4.98 Å². The zero-order chi connectivity index (χ0) is 18.0. The van der Waals surface area contributed by atoms with Crippen molar-refractivity contribution in [2.45, 2.75) is 6.92 Å². The molecule has 0 spiro atoms. The highest BCUT2D eigenvalue weighted by atomic mass is 32.1. The van der Waals surface area contributed by atoms with E-state index < -0.39 is 5.91 Å². The summed E-state index contributed by atoms with van der Waals surface area (Å²) in [5.41, 5.74) is 1.76. The van der Waals surface area contributed by atoms with Crippen molar-refractivity contribution >= 4 is 22.4 Å². The molecule has 6 nitrogen and oxygen atoms in total. The number of anilines is 1. The number of ether oxygens (including phenoxy) is 1. The zero-order valence-corrected chi connectivity index (χ0v) is 14.4. The van der Waals surface area contributed by atoms with Crippen LogP contribution in [0.5, 0.6) is 17.2 Å². The number of aromatic hydroxyl groups is 2. The van der Waals surface area contributed by atoms with Crippen LogP contribution in [0.15, 0.2) is 42.5 Å². The van der Waals surface area contributed by atoms with Gasteiger partial charge in [0.2, 0.25) is 0 Å². The van der Waals surface area contributed by atoms with Crippen molar-refractivity contribution in [3.8, 4) is 28.5 Å². The number of nitrogens with one attached hydrogen (secondary N) is 1. The highest BCUT2D eigenvalue weighted by Gasteiger charge is 2.16. The standard InChI is InChI=1S/C18H16N2O4S/c1-10-16(11-3-6-13(24-2)7-4-11)19-18(25-10)20-17(23)14-8-5-12(21)9-15(14)22/h3-9,21-22H,1-2H3,(H,19,20,23). The van der Waals surface area contributed by atoms with Crippen LogP contribution in [-0.4, -0.2) is 28.2 Å². The second-order valence-corrected chi connectivity index (χ2v) is 6.51. The quantitative estimate of drug-likeness (QED) is 0.661. The van der Waals surface area contributed by atoms with E-state index in [9.17, 15) is 15.0 Å². The lowest BCUT2D eigenvalue weighted by Gasteiger charge is -2.04. The van der Waals surface area contributed by atoms with Gasteiger partial charge in [0.15, 0.2) is 5.13 Å². The summed E-state index contributed by atoms with van der Waals surface area (Å²) in [4.78, 5) is 17.7. The van der Waals surface area contributed by atoms with E-state index in [1.54, 1.807) is 7.11 Å². The van der Waals surface area contributed by atoms with E-state index in [4.69, 9.17) is 4.74 Å². The number of phenolic OH excluding ortho intramolecular Hbond substituents is 2. The molecule has 0 aliphatic heterocycles. The van der Waals surface area contributed by atoms with E-state index in [0.717, 1.165) is 28.0 Å². The number of thiazole rings is 1. The number of phenols is 2. The number of aryl methyl sites for hydroxylation is 1. The van der Waals surface area contributed by atoms with Crippen molar-refractivity contribution in [1.82, 2.24) is 4.98 Å². The Hall–Kier alpha value is -3.06. The van der Waals surface area contributed by atoms with Crippen molar-refractivity contribution in [3.05, 3.63) is 52.9 Å². The lowest BCUT2D eigenvalue weighted by Crippen LogP contribution is -2.11. The Morgan fingerprint density at radius 3 is 2.52 bits per heavy atom. The number of hydrogen-bond donors (Lipinski definition) is 3.